The van der Waals surface area contributed by atoms with E-state index in [2.05, 4.69) is 4.98 Å². The molecule has 0 amide bonds. The quantitative estimate of drug-likeness (QED) is 0.640. The van der Waals surface area contributed by atoms with Crippen molar-refractivity contribution in [1.29, 1.82) is 0 Å². The number of aromatic amines is 1. The largest absolute Gasteiger partial charge is 0.395 e. The minimum Gasteiger partial charge on any atom is -0.395 e. The van der Waals surface area contributed by atoms with Gasteiger partial charge in [0.05, 0.1) is 25.2 Å². The van der Waals surface area contributed by atoms with E-state index in [1.807, 2.05) is 18.5 Å². The fourth-order valence-electron chi connectivity index (χ4n) is 1.35. The van der Waals surface area contributed by atoms with Crippen LogP contribution >= 0.6 is 0 Å². The van der Waals surface area contributed by atoms with Crippen molar-refractivity contribution < 1.29 is 9.84 Å². The number of H-pyrrole nitrogens is 1. The van der Waals surface area contributed by atoms with Crippen molar-refractivity contribution in [3.05, 3.63) is 24.0 Å². The summed E-state index contributed by atoms with van der Waals surface area (Å²) in [5.74, 6) is 0. The van der Waals surface area contributed by atoms with Gasteiger partial charge in [-0.3, -0.25) is 0 Å². The Bertz CT molecular complexity index is 221. The second-order valence-electron chi connectivity index (χ2n) is 3.03. The van der Waals surface area contributed by atoms with Crippen LogP contribution in [-0.4, -0.2) is 29.9 Å². The summed E-state index contributed by atoms with van der Waals surface area (Å²) in [4.78, 5) is 2.97. The molecule has 11 heavy (non-hydrogen) atoms. The van der Waals surface area contributed by atoms with Crippen molar-refractivity contribution in [1.82, 2.24) is 4.98 Å². The molecule has 1 aliphatic rings. The van der Waals surface area contributed by atoms with Crippen molar-refractivity contribution >= 4 is 0 Å². The highest BCUT2D eigenvalue weighted by atomic mass is 16.5. The van der Waals surface area contributed by atoms with Crippen LogP contribution in [0, 0.1) is 0 Å². The Hall–Kier alpha value is -0.800. The molecule has 60 valence electrons. The minimum absolute atomic E-state index is 0.111. The van der Waals surface area contributed by atoms with E-state index < -0.39 is 0 Å². The van der Waals surface area contributed by atoms with Gasteiger partial charge in [-0.1, -0.05) is 0 Å². The monoisotopic (exact) mass is 153 g/mol. The molecule has 0 aliphatic carbocycles. The summed E-state index contributed by atoms with van der Waals surface area (Å²) in [6.45, 7) is 1.45. The van der Waals surface area contributed by atoms with Crippen LogP contribution in [0.5, 0.6) is 0 Å². The predicted molar refractivity (Wildman–Crippen MR) is 40.4 cm³/mol. The van der Waals surface area contributed by atoms with Crippen LogP contribution in [0.2, 0.25) is 0 Å². The van der Waals surface area contributed by atoms with E-state index in [4.69, 9.17) is 9.84 Å². The number of hydrogen-bond donors (Lipinski definition) is 2. The second-order valence-corrected chi connectivity index (χ2v) is 3.03. The molecule has 1 aromatic heterocycles. The van der Waals surface area contributed by atoms with Crippen LogP contribution < -0.4 is 0 Å². The average molecular weight is 153 g/mol. The molecule has 3 nitrogen and oxygen atoms in total. The Labute approximate surface area is 65.0 Å². The fraction of sp³-hybridized carbons (Fsp3) is 0.500. The summed E-state index contributed by atoms with van der Waals surface area (Å²) in [6, 6.07) is 1.98. The number of rotatable bonds is 2. The Balaban J connectivity index is 2.25. The fourth-order valence-corrected chi connectivity index (χ4v) is 1.35. The zero-order valence-electron chi connectivity index (χ0n) is 6.21. The summed E-state index contributed by atoms with van der Waals surface area (Å²) in [7, 11) is 0. The Morgan fingerprint density at radius 1 is 1.64 bits per heavy atom. The molecule has 0 unspecified atom stereocenters. The molecule has 0 radical (unpaired) electrons. The molecular formula is C8H11NO2. The van der Waals surface area contributed by atoms with Gasteiger partial charge in [-0.25, -0.2) is 0 Å². The van der Waals surface area contributed by atoms with Gasteiger partial charge in [0.1, 0.15) is 0 Å². The lowest BCUT2D eigenvalue weighted by Crippen LogP contribution is -2.49. The molecule has 0 bridgehead atoms. The van der Waals surface area contributed by atoms with Gasteiger partial charge in [-0.15, -0.1) is 0 Å². The third-order valence-electron chi connectivity index (χ3n) is 2.27. The zero-order valence-corrected chi connectivity index (χ0v) is 6.21. The third-order valence-corrected chi connectivity index (χ3v) is 2.27. The second kappa shape index (κ2) is 2.36. The van der Waals surface area contributed by atoms with Crippen molar-refractivity contribution in [2.24, 2.45) is 0 Å². The number of hydrogen-bond acceptors (Lipinski definition) is 2. The normalized spacial score (nSPS) is 21.2. The van der Waals surface area contributed by atoms with E-state index in [0.29, 0.717) is 13.2 Å². The van der Waals surface area contributed by atoms with Crippen molar-refractivity contribution in [3.63, 3.8) is 0 Å². The predicted octanol–water partition coefficient (Wildman–Crippen LogP) is 0.275. The van der Waals surface area contributed by atoms with Crippen LogP contribution in [0.15, 0.2) is 18.5 Å². The van der Waals surface area contributed by atoms with Gasteiger partial charge < -0.3 is 14.8 Å². The Morgan fingerprint density at radius 2 is 2.45 bits per heavy atom. The summed E-state index contributed by atoms with van der Waals surface area (Å²) in [6.07, 6.45) is 3.78. The van der Waals surface area contributed by atoms with Crippen LogP contribution in [-0.2, 0) is 10.2 Å². The zero-order chi connectivity index (χ0) is 7.73. The van der Waals surface area contributed by atoms with Crippen LogP contribution in [0.25, 0.3) is 0 Å². The van der Waals surface area contributed by atoms with Gasteiger partial charge in [0.15, 0.2) is 0 Å². The van der Waals surface area contributed by atoms with E-state index in [1.165, 1.54) is 0 Å². The van der Waals surface area contributed by atoms with Gasteiger partial charge in [0, 0.05) is 12.4 Å². The summed E-state index contributed by atoms with van der Waals surface area (Å²) < 4.78 is 5.08. The molecule has 1 saturated heterocycles. The lowest BCUT2D eigenvalue weighted by atomic mass is 9.81. The van der Waals surface area contributed by atoms with Gasteiger partial charge in [-0.2, -0.15) is 0 Å². The molecule has 1 fully saturated rings. The number of aliphatic hydroxyl groups is 1. The van der Waals surface area contributed by atoms with Crippen molar-refractivity contribution in [3.8, 4) is 0 Å². The summed E-state index contributed by atoms with van der Waals surface area (Å²) in [5.41, 5.74) is 1.03. The first-order chi connectivity index (χ1) is 5.37. The SMILES string of the molecule is OCC1(c2cc[nH]c2)COC1. The third kappa shape index (κ3) is 0.886. The van der Waals surface area contributed by atoms with Crippen molar-refractivity contribution in [2.75, 3.05) is 19.8 Å². The van der Waals surface area contributed by atoms with Gasteiger partial charge in [0.2, 0.25) is 0 Å². The number of aliphatic hydroxyl groups excluding tert-OH is 1. The maximum atomic E-state index is 9.11. The highest BCUT2D eigenvalue weighted by Crippen LogP contribution is 2.31. The molecule has 3 heteroatoms. The lowest BCUT2D eigenvalue weighted by Gasteiger charge is -2.39. The molecule has 2 rings (SSSR count). The first-order valence-electron chi connectivity index (χ1n) is 3.69. The summed E-state index contributed by atoms with van der Waals surface area (Å²) in [5, 5.41) is 9.11. The van der Waals surface area contributed by atoms with Crippen LogP contribution in [0.4, 0.5) is 0 Å². The summed E-state index contributed by atoms with van der Waals surface area (Å²) >= 11 is 0. The van der Waals surface area contributed by atoms with E-state index in [1.54, 1.807) is 0 Å². The number of nitrogens with one attached hydrogen (secondary N) is 1. The maximum Gasteiger partial charge on any atom is 0.0665 e. The van der Waals surface area contributed by atoms with Crippen LogP contribution in [0.3, 0.4) is 0 Å². The lowest BCUT2D eigenvalue weighted by molar-refractivity contribution is -0.0841. The molecule has 1 aliphatic heterocycles. The molecule has 2 heterocycles. The van der Waals surface area contributed by atoms with E-state index in [9.17, 15) is 0 Å². The van der Waals surface area contributed by atoms with Gasteiger partial charge in [0.25, 0.3) is 0 Å². The van der Waals surface area contributed by atoms with Crippen molar-refractivity contribution in [2.45, 2.75) is 5.41 Å². The molecule has 0 spiro atoms. The molecule has 0 atom stereocenters. The molecule has 1 aromatic rings. The van der Waals surface area contributed by atoms with E-state index in [0.717, 1.165) is 5.56 Å². The average Bonchev–Trinajstić information content (AvgIpc) is 2.39. The smallest absolute Gasteiger partial charge is 0.0665 e. The van der Waals surface area contributed by atoms with Crippen LogP contribution in [0.1, 0.15) is 5.56 Å². The first-order valence-corrected chi connectivity index (χ1v) is 3.69. The first kappa shape index (κ1) is 6.88. The molecule has 0 aromatic carbocycles. The van der Waals surface area contributed by atoms with E-state index in [-0.39, 0.29) is 12.0 Å². The van der Waals surface area contributed by atoms with Gasteiger partial charge >= 0.3 is 0 Å². The van der Waals surface area contributed by atoms with Gasteiger partial charge in [-0.05, 0) is 11.6 Å². The minimum atomic E-state index is -0.111. The standard InChI is InChI=1S/C8H11NO2/c10-4-8(5-11-6-8)7-1-2-9-3-7/h1-3,9-10H,4-6H2. The molecule has 0 saturated carbocycles. The highest BCUT2D eigenvalue weighted by molar-refractivity contribution is 5.25. The maximum absolute atomic E-state index is 9.11. The highest BCUT2D eigenvalue weighted by Gasteiger charge is 2.39. The van der Waals surface area contributed by atoms with E-state index >= 15 is 0 Å². The molecule has 2 N–H and O–H groups in total. The number of aromatic nitrogens is 1. The Kier molecular flexibility index (Phi) is 1.47. The molecular weight excluding hydrogens is 142 g/mol. The topological polar surface area (TPSA) is 45.2 Å². The number of ether oxygens (including phenoxy) is 1. The Morgan fingerprint density at radius 3 is 2.82 bits per heavy atom.